The van der Waals surface area contributed by atoms with E-state index in [4.69, 9.17) is 5.11 Å². The zero-order valence-electron chi connectivity index (χ0n) is 13.9. The number of carbonyl (C=O) groups is 3. The van der Waals surface area contributed by atoms with Crippen LogP contribution in [0.1, 0.15) is 30.6 Å². The second kappa shape index (κ2) is 8.82. The third-order valence-corrected chi connectivity index (χ3v) is 5.25. The van der Waals surface area contributed by atoms with Crippen LogP contribution >= 0.6 is 11.3 Å². The Morgan fingerprint density at radius 2 is 2.21 bits per heavy atom. The summed E-state index contributed by atoms with van der Waals surface area (Å²) in [7, 11) is 1.63. The maximum atomic E-state index is 12.3. The molecule has 0 saturated carbocycles. The largest absolute Gasteiger partial charge is 0.481 e. The highest BCUT2D eigenvalue weighted by Crippen LogP contribution is 2.17. The van der Waals surface area contributed by atoms with Crippen molar-refractivity contribution in [2.75, 3.05) is 26.7 Å². The van der Waals surface area contributed by atoms with E-state index in [2.05, 4.69) is 6.07 Å². The molecule has 1 fully saturated rings. The van der Waals surface area contributed by atoms with Crippen LogP contribution in [0.3, 0.4) is 0 Å². The first-order valence-electron chi connectivity index (χ1n) is 8.24. The number of carboxylic acid groups (broad SMARTS) is 1. The fourth-order valence-corrected chi connectivity index (χ4v) is 3.61. The van der Waals surface area contributed by atoms with Gasteiger partial charge in [-0.1, -0.05) is 6.07 Å². The number of aryl methyl sites for hydroxylation is 1. The van der Waals surface area contributed by atoms with E-state index in [-0.39, 0.29) is 24.9 Å². The van der Waals surface area contributed by atoms with E-state index in [9.17, 15) is 14.4 Å². The summed E-state index contributed by atoms with van der Waals surface area (Å²) in [5.41, 5.74) is 0. The van der Waals surface area contributed by atoms with Crippen LogP contribution in [0.2, 0.25) is 0 Å². The topological polar surface area (TPSA) is 77.9 Å². The lowest BCUT2D eigenvalue weighted by Gasteiger charge is -2.32. The van der Waals surface area contributed by atoms with Crippen molar-refractivity contribution in [2.45, 2.75) is 32.1 Å². The van der Waals surface area contributed by atoms with E-state index in [0.717, 1.165) is 12.8 Å². The van der Waals surface area contributed by atoms with Crippen molar-refractivity contribution < 1.29 is 19.5 Å². The van der Waals surface area contributed by atoms with Gasteiger partial charge < -0.3 is 14.9 Å². The minimum atomic E-state index is -0.856. The Morgan fingerprint density at radius 3 is 2.88 bits per heavy atom. The molecule has 1 saturated heterocycles. The van der Waals surface area contributed by atoms with E-state index in [1.165, 1.54) is 9.78 Å². The average Bonchev–Trinajstić information content (AvgIpc) is 3.08. The molecule has 1 aromatic rings. The normalized spacial score (nSPS) is 17.5. The van der Waals surface area contributed by atoms with Gasteiger partial charge in [0.15, 0.2) is 0 Å². The lowest BCUT2D eigenvalue weighted by atomic mass is 9.98. The number of rotatable bonds is 7. The van der Waals surface area contributed by atoms with Crippen LogP contribution in [0.25, 0.3) is 0 Å². The predicted molar refractivity (Wildman–Crippen MR) is 91.8 cm³/mol. The number of thiophene rings is 1. The molecule has 0 aliphatic carbocycles. The summed E-state index contributed by atoms with van der Waals surface area (Å²) < 4.78 is 0. The number of aliphatic carboxylic acids is 1. The lowest BCUT2D eigenvalue weighted by Crippen LogP contribution is -2.46. The molecule has 2 heterocycles. The molecule has 2 rings (SSSR count). The van der Waals surface area contributed by atoms with Crippen LogP contribution in [0.15, 0.2) is 17.5 Å². The van der Waals surface area contributed by atoms with Gasteiger partial charge in [0.25, 0.3) is 0 Å². The number of hydrogen-bond acceptors (Lipinski definition) is 4. The van der Waals surface area contributed by atoms with E-state index in [1.807, 2.05) is 11.4 Å². The maximum absolute atomic E-state index is 12.3. The lowest BCUT2D eigenvalue weighted by molar-refractivity contribution is -0.147. The van der Waals surface area contributed by atoms with Gasteiger partial charge in [0, 0.05) is 31.4 Å². The van der Waals surface area contributed by atoms with Gasteiger partial charge in [0.1, 0.15) is 0 Å². The molecule has 1 aromatic heterocycles. The number of carbonyl (C=O) groups excluding carboxylic acids is 2. The van der Waals surface area contributed by atoms with Crippen LogP contribution in [0, 0.1) is 5.92 Å². The van der Waals surface area contributed by atoms with E-state index in [1.54, 1.807) is 23.3 Å². The number of piperidine rings is 1. The van der Waals surface area contributed by atoms with Gasteiger partial charge in [0.2, 0.25) is 11.8 Å². The van der Waals surface area contributed by atoms with Gasteiger partial charge in [-0.2, -0.15) is 0 Å². The van der Waals surface area contributed by atoms with Crippen molar-refractivity contribution in [1.82, 2.24) is 9.80 Å². The molecule has 0 aromatic carbocycles. The van der Waals surface area contributed by atoms with Crippen molar-refractivity contribution in [2.24, 2.45) is 5.92 Å². The standard InChI is InChI=1S/C17H24N2O4S/c1-18(15(20)8-2-6-14-7-4-10-24-14)12-16(21)19-9-3-5-13(11-19)17(22)23/h4,7,10,13H,2-3,5-6,8-9,11-12H2,1H3,(H,22,23). The number of amides is 2. The smallest absolute Gasteiger partial charge is 0.308 e. The number of hydrogen-bond donors (Lipinski definition) is 1. The van der Waals surface area contributed by atoms with E-state index < -0.39 is 11.9 Å². The molecule has 132 valence electrons. The molecular weight excluding hydrogens is 328 g/mol. The highest BCUT2D eigenvalue weighted by atomic mass is 32.1. The fourth-order valence-electron chi connectivity index (χ4n) is 2.86. The zero-order valence-corrected chi connectivity index (χ0v) is 14.8. The van der Waals surface area contributed by atoms with E-state index in [0.29, 0.717) is 25.8 Å². The summed E-state index contributed by atoms with van der Waals surface area (Å²) >= 11 is 1.68. The molecule has 1 aliphatic heterocycles. The fraction of sp³-hybridized carbons (Fsp3) is 0.588. The van der Waals surface area contributed by atoms with Crippen LogP contribution in [-0.2, 0) is 20.8 Å². The monoisotopic (exact) mass is 352 g/mol. The Hall–Kier alpha value is -1.89. The van der Waals surface area contributed by atoms with Gasteiger partial charge >= 0.3 is 5.97 Å². The summed E-state index contributed by atoms with van der Waals surface area (Å²) in [4.78, 5) is 39.7. The van der Waals surface area contributed by atoms with Crippen molar-refractivity contribution in [1.29, 1.82) is 0 Å². The molecule has 1 unspecified atom stereocenters. The molecule has 1 N–H and O–H groups in total. The van der Waals surface area contributed by atoms with Gasteiger partial charge in [0.05, 0.1) is 12.5 Å². The van der Waals surface area contributed by atoms with Gasteiger partial charge in [-0.05, 0) is 37.1 Å². The molecule has 1 atom stereocenters. The Morgan fingerprint density at radius 1 is 1.42 bits per heavy atom. The van der Waals surface area contributed by atoms with Gasteiger partial charge in [-0.15, -0.1) is 11.3 Å². The molecule has 2 amide bonds. The highest BCUT2D eigenvalue weighted by molar-refractivity contribution is 7.09. The molecule has 24 heavy (non-hydrogen) atoms. The maximum Gasteiger partial charge on any atom is 0.308 e. The summed E-state index contributed by atoms with van der Waals surface area (Å²) in [5.74, 6) is -1.57. The first-order chi connectivity index (χ1) is 11.5. The van der Waals surface area contributed by atoms with Gasteiger partial charge in [-0.3, -0.25) is 14.4 Å². The third-order valence-electron chi connectivity index (χ3n) is 4.32. The molecule has 1 aliphatic rings. The molecule has 0 bridgehead atoms. The summed E-state index contributed by atoms with van der Waals surface area (Å²) in [6.45, 7) is 0.835. The first kappa shape index (κ1) is 18.4. The molecule has 0 spiro atoms. The van der Waals surface area contributed by atoms with Gasteiger partial charge in [-0.25, -0.2) is 0 Å². The van der Waals surface area contributed by atoms with Crippen LogP contribution in [-0.4, -0.2) is 59.4 Å². The van der Waals surface area contributed by atoms with Crippen molar-refractivity contribution in [3.63, 3.8) is 0 Å². The summed E-state index contributed by atoms with van der Waals surface area (Å²) in [6.07, 6.45) is 3.36. The summed E-state index contributed by atoms with van der Waals surface area (Å²) in [5, 5.41) is 11.1. The number of likely N-dealkylation sites (tertiary alicyclic amines) is 1. The molecule has 6 nitrogen and oxygen atoms in total. The quantitative estimate of drug-likeness (QED) is 0.812. The second-order valence-electron chi connectivity index (χ2n) is 6.20. The molecule has 7 heteroatoms. The van der Waals surface area contributed by atoms with Crippen molar-refractivity contribution in [3.8, 4) is 0 Å². The second-order valence-corrected chi connectivity index (χ2v) is 7.23. The summed E-state index contributed by atoms with van der Waals surface area (Å²) in [6, 6.07) is 4.05. The third kappa shape index (κ3) is 5.33. The minimum Gasteiger partial charge on any atom is -0.481 e. The van der Waals surface area contributed by atoms with Crippen LogP contribution < -0.4 is 0 Å². The number of nitrogens with zero attached hydrogens (tertiary/aromatic N) is 2. The SMILES string of the molecule is CN(CC(=O)N1CCCC(C(=O)O)C1)C(=O)CCCc1cccs1. The Labute approximate surface area is 146 Å². The van der Waals surface area contributed by atoms with Crippen molar-refractivity contribution >= 4 is 29.1 Å². The zero-order chi connectivity index (χ0) is 17.5. The van der Waals surface area contributed by atoms with E-state index >= 15 is 0 Å². The predicted octanol–water partition coefficient (Wildman–Crippen LogP) is 1.85. The Kier molecular flexibility index (Phi) is 6.78. The average molecular weight is 352 g/mol. The van der Waals surface area contributed by atoms with Crippen LogP contribution in [0.4, 0.5) is 0 Å². The first-order valence-corrected chi connectivity index (χ1v) is 9.12. The van der Waals surface area contributed by atoms with Crippen molar-refractivity contribution in [3.05, 3.63) is 22.4 Å². The Bertz CT molecular complexity index is 573. The van der Waals surface area contributed by atoms with Crippen LogP contribution in [0.5, 0.6) is 0 Å². The molecule has 0 radical (unpaired) electrons. The Balaban J connectivity index is 1.73. The highest BCUT2D eigenvalue weighted by Gasteiger charge is 2.28. The minimum absolute atomic E-state index is 0.0180. The number of carboxylic acids is 1. The number of likely N-dealkylation sites (N-methyl/N-ethyl adjacent to an activating group) is 1. The molecular formula is C17H24N2O4S.